The number of Topliss-reactive ketones (excluding diaryl/α,β-unsaturated/α-hetero) is 1. The largest absolute Gasteiger partial charge is 0.303 e. The molecule has 56 valence electrons. The van der Waals surface area contributed by atoms with Gasteiger partial charge in [-0.1, -0.05) is 0 Å². The molecule has 0 aliphatic carbocycles. The first kappa shape index (κ1) is 9.01. The van der Waals surface area contributed by atoms with Crippen molar-refractivity contribution < 1.29 is 4.79 Å². The Morgan fingerprint density at radius 1 is 1.70 bits per heavy atom. The van der Waals surface area contributed by atoms with Crippen LogP contribution in [-0.4, -0.2) is 24.8 Å². The molecular weight excluding hydrogens is 128 g/mol. The SMILES string of the molecule is CN=CC(=N)C(C)C(C)=O. The lowest BCUT2D eigenvalue weighted by Gasteiger charge is -2.02. The highest BCUT2D eigenvalue weighted by Gasteiger charge is 2.10. The van der Waals surface area contributed by atoms with Crippen LogP contribution in [0.2, 0.25) is 0 Å². The average Bonchev–Trinajstić information content (AvgIpc) is 1.87. The van der Waals surface area contributed by atoms with Crippen LogP contribution in [0.1, 0.15) is 13.8 Å². The summed E-state index contributed by atoms with van der Waals surface area (Å²) in [5.41, 5.74) is 0.273. The van der Waals surface area contributed by atoms with Gasteiger partial charge < -0.3 is 5.41 Å². The maximum absolute atomic E-state index is 10.7. The molecule has 0 aromatic carbocycles. The molecule has 0 bridgehead atoms. The van der Waals surface area contributed by atoms with Crippen molar-refractivity contribution in [3.8, 4) is 0 Å². The zero-order valence-corrected chi connectivity index (χ0v) is 6.51. The monoisotopic (exact) mass is 140 g/mol. The number of rotatable bonds is 3. The second-order valence-electron chi connectivity index (χ2n) is 2.17. The van der Waals surface area contributed by atoms with Gasteiger partial charge in [0.1, 0.15) is 5.78 Å². The minimum Gasteiger partial charge on any atom is -0.303 e. The number of hydrogen-bond donors (Lipinski definition) is 1. The van der Waals surface area contributed by atoms with Crippen molar-refractivity contribution in [1.29, 1.82) is 5.41 Å². The van der Waals surface area contributed by atoms with E-state index in [2.05, 4.69) is 4.99 Å². The Morgan fingerprint density at radius 3 is 2.50 bits per heavy atom. The zero-order valence-electron chi connectivity index (χ0n) is 6.51. The van der Waals surface area contributed by atoms with Crippen molar-refractivity contribution in [1.82, 2.24) is 0 Å². The van der Waals surface area contributed by atoms with E-state index < -0.39 is 0 Å². The first-order chi connectivity index (χ1) is 4.59. The van der Waals surface area contributed by atoms with Crippen LogP contribution in [0, 0.1) is 11.3 Å². The molecule has 0 aliphatic heterocycles. The summed E-state index contributed by atoms with van der Waals surface area (Å²) in [4.78, 5) is 14.3. The third-order valence-corrected chi connectivity index (χ3v) is 1.34. The van der Waals surface area contributed by atoms with Crippen LogP contribution in [0.5, 0.6) is 0 Å². The molecule has 3 heteroatoms. The van der Waals surface area contributed by atoms with E-state index in [9.17, 15) is 4.79 Å². The maximum atomic E-state index is 10.7. The van der Waals surface area contributed by atoms with E-state index in [0.717, 1.165) is 0 Å². The molecule has 1 N–H and O–H groups in total. The summed E-state index contributed by atoms with van der Waals surface area (Å²) in [7, 11) is 1.58. The van der Waals surface area contributed by atoms with Crippen molar-refractivity contribution in [2.45, 2.75) is 13.8 Å². The topological polar surface area (TPSA) is 53.3 Å². The number of ketones is 1. The standard InChI is InChI=1S/C7H12N2O/c1-5(6(2)10)7(8)4-9-3/h4-5,8H,1-3H3. The summed E-state index contributed by atoms with van der Waals surface area (Å²) in [6, 6.07) is 0. The van der Waals surface area contributed by atoms with Gasteiger partial charge in [-0.05, 0) is 13.8 Å². The van der Waals surface area contributed by atoms with E-state index in [4.69, 9.17) is 5.41 Å². The van der Waals surface area contributed by atoms with Gasteiger partial charge in [0.05, 0.1) is 11.6 Å². The smallest absolute Gasteiger partial charge is 0.138 e. The molecule has 0 saturated heterocycles. The fourth-order valence-electron chi connectivity index (χ4n) is 0.470. The molecule has 0 heterocycles. The molecular formula is C7H12N2O. The lowest BCUT2D eigenvalue weighted by atomic mass is 10.0. The van der Waals surface area contributed by atoms with Crippen LogP contribution < -0.4 is 0 Å². The van der Waals surface area contributed by atoms with Crippen molar-refractivity contribution >= 4 is 17.7 Å². The lowest BCUT2D eigenvalue weighted by Crippen LogP contribution is -2.18. The summed E-state index contributed by atoms with van der Waals surface area (Å²) in [6.45, 7) is 3.18. The van der Waals surface area contributed by atoms with Gasteiger partial charge in [-0.2, -0.15) is 0 Å². The first-order valence-corrected chi connectivity index (χ1v) is 3.10. The molecule has 1 atom stereocenters. The Bertz CT molecular complexity index is 172. The highest BCUT2D eigenvalue weighted by Crippen LogP contribution is 1.96. The highest BCUT2D eigenvalue weighted by atomic mass is 16.1. The van der Waals surface area contributed by atoms with Gasteiger partial charge in [-0.15, -0.1) is 0 Å². The predicted octanol–water partition coefficient (Wildman–Crippen LogP) is 0.932. The molecule has 0 amide bonds. The third-order valence-electron chi connectivity index (χ3n) is 1.34. The molecule has 0 aromatic rings. The molecule has 3 nitrogen and oxygen atoms in total. The van der Waals surface area contributed by atoms with E-state index in [1.165, 1.54) is 13.1 Å². The minimum absolute atomic E-state index is 0.00454. The number of hydrogen-bond acceptors (Lipinski definition) is 3. The van der Waals surface area contributed by atoms with Gasteiger partial charge in [0.25, 0.3) is 0 Å². The molecule has 0 aromatic heterocycles. The van der Waals surface area contributed by atoms with Gasteiger partial charge >= 0.3 is 0 Å². The van der Waals surface area contributed by atoms with Gasteiger partial charge in [-0.25, -0.2) is 0 Å². The van der Waals surface area contributed by atoms with Gasteiger partial charge in [0.2, 0.25) is 0 Å². The molecule has 0 saturated carbocycles. The van der Waals surface area contributed by atoms with E-state index in [0.29, 0.717) is 0 Å². The fourth-order valence-corrected chi connectivity index (χ4v) is 0.470. The lowest BCUT2D eigenvalue weighted by molar-refractivity contribution is -0.118. The summed E-state index contributed by atoms with van der Waals surface area (Å²) in [5, 5.41) is 7.25. The number of carbonyl (C=O) groups excluding carboxylic acids is 1. The summed E-state index contributed by atoms with van der Waals surface area (Å²) >= 11 is 0. The maximum Gasteiger partial charge on any atom is 0.138 e. The van der Waals surface area contributed by atoms with Gasteiger partial charge in [-0.3, -0.25) is 9.79 Å². The fraction of sp³-hybridized carbons (Fsp3) is 0.571. The van der Waals surface area contributed by atoms with Gasteiger partial charge in [0, 0.05) is 13.3 Å². The minimum atomic E-state index is -0.316. The zero-order chi connectivity index (χ0) is 8.15. The van der Waals surface area contributed by atoms with Crippen LogP contribution in [0.3, 0.4) is 0 Å². The van der Waals surface area contributed by atoms with E-state index in [-0.39, 0.29) is 17.4 Å². The van der Waals surface area contributed by atoms with Crippen LogP contribution in [0.4, 0.5) is 0 Å². The molecule has 10 heavy (non-hydrogen) atoms. The van der Waals surface area contributed by atoms with Crippen LogP contribution in [-0.2, 0) is 4.79 Å². The predicted molar refractivity (Wildman–Crippen MR) is 42.0 cm³/mol. The second-order valence-corrected chi connectivity index (χ2v) is 2.17. The Hall–Kier alpha value is -0.990. The molecule has 0 fully saturated rings. The summed E-state index contributed by atoms with van der Waals surface area (Å²) in [5.74, 6) is -0.311. The highest BCUT2D eigenvalue weighted by molar-refractivity contribution is 6.34. The van der Waals surface area contributed by atoms with Crippen molar-refractivity contribution in [3.63, 3.8) is 0 Å². The van der Waals surface area contributed by atoms with Crippen molar-refractivity contribution in [3.05, 3.63) is 0 Å². The molecule has 0 radical (unpaired) electrons. The van der Waals surface area contributed by atoms with E-state index in [1.54, 1.807) is 14.0 Å². The quantitative estimate of drug-likeness (QED) is 0.582. The number of carbonyl (C=O) groups is 1. The molecule has 0 aliphatic rings. The van der Waals surface area contributed by atoms with Gasteiger partial charge in [0.15, 0.2) is 0 Å². The Labute approximate surface area is 60.7 Å². The van der Waals surface area contributed by atoms with Crippen LogP contribution in [0.25, 0.3) is 0 Å². The number of nitrogens with zero attached hydrogens (tertiary/aromatic N) is 1. The summed E-state index contributed by atoms with van der Waals surface area (Å²) < 4.78 is 0. The molecule has 0 rings (SSSR count). The first-order valence-electron chi connectivity index (χ1n) is 3.10. The van der Waals surface area contributed by atoms with Crippen molar-refractivity contribution in [2.75, 3.05) is 7.05 Å². The molecule has 1 unspecified atom stereocenters. The van der Waals surface area contributed by atoms with Crippen molar-refractivity contribution in [2.24, 2.45) is 10.9 Å². The Morgan fingerprint density at radius 2 is 2.20 bits per heavy atom. The summed E-state index contributed by atoms with van der Waals surface area (Å²) in [6.07, 6.45) is 1.39. The Balaban J connectivity index is 4.08. The van der Waals surface area contributed by atoms with E-state index >= 15 is 0 Å². The second kappa shape index (κ2) is 3.93. The van der Waals surface area contributed by atoms with Crippen LogP contribution >= 0.6 is 0 Å². The molecule has 0 spiro atoms. The normalized spacial score (nSPS) is 13.5. The third kappa shape index (κ3) is 2.53. The number of aliphatic imine (C=N–C) groups is 1. The van der Waals surface area contributed by atoms with E-state index in [1.807, 2.05) is 0 Å². The number of nitrogens with one attached hydrogen (secondary N) is 1. The average molecular weight is 140 g/mol. The Kier molecular flexibility index (Phi) is 3.54. The van der Waals surface area contributed by atoms with Crippen LogP contribution in [0.15, 0.2) is 4.99 Å².